The van der Waals surface area contributed by atoms with Gasteiger partial charge in [0, 0.05) is 18.1 Å². The van der Waals surface area contributed by atoms with Gasteiger partial charge in [-0.25, -0.2) is 9.78 Å². The lowest BCUT2D eigenvalue weighted by atomic mass is 9.98. The number of aromatic nitrogens is 3. The molecule has 126 valence electrons. The highest BCUT2D eigenvalue weighted by molar-refractivity contribution is 6.29. The average molecular weight is 340 g/mol. The normalized spacial score (nSPS) is 27.0. The first-order valence-electron chi connectivity index (χ1n) is 7.95. The molecule has 7 nitrogen and oxygen atoms in total. The highest BCUT2D eigenvalue weighted by atomic mass is 35.5. The van der Waals surface area contributed by atoms with Crippen molar-refractivity contribution in [2.45, 2.75) is 70.2 Å². The smallest absolute Gasteiger partial charge is 0.407 e. The van der Waals surface area contributed by atoms with Gasteiger partial charge in [-0.3, -0.25) is 0 Å². The lowest BCUT2D eigenvalue weighted by molar-refractivity contribution is 0.0492. The van der Waals surface area contributed by atoms with Crippen LogP contribution in [0.2, 0.25) is 5.15 Å². The highest BCUT2D eigenvalue weighted by Gasteiger charge is 2.42. The summed E-state index contributed by atoms with van der Waals surface area (Å²) in [6.45, 7) is 5.59. The van der Waals surface area contributed by atoms with E-state index in [0.717, 1.165) is 25.7 Å². The number of alkyl carbamates (subject to hydrolysis) is 1. The van der Waals surface area contributed by atoms with E-state index in [9.17, 15) is 4.79 Å². The summed E-state index contributed by atoms with van der Waals surface area (Å²) < 4.78 is 5.34. The molecule has 1 unspecified atom stereocenters. The van der Waals surface area contributed by atoms with Gasteiger partial charge in [-0.1, -0.05) is 11.6 Å². The maximum absolute atomic E-state index is 12.0. The van der Waals surface area contributed by atoms with Crippen LogP contribution in [0.1, 0.15) is 46.5 Å². The first kappa shape index (κ1) is 16.2. The zero-order valence-electron chi connectivity index (χ0n) is 13.6. The molecular weight excluding hydrogens is 318 g/mol. The first-order valence-corrected chi connectivity index (χ1v) is 8.33. The van der Waals surface area contributed by atoms with Crippen LogP contribution in [0.5, 0.6) is 0 Å². The minimum absolute atomic E-state index is 0.124. The van der Waals surface area contributed by atoms with Gasteiger partial charge in [-0.15, -0.1) is 10.2 Å². The van der Waals surface area contributed by atoms with E-state index in [-0.39, 0.29) is 12.1 Å². The summed E-state index contributed by atoms with van der Waals surface area (Å²) >= 11 is 5.76. The highest BCUT2D eigenvalue weighted by Crippen LogP contribution is 2.37. The minimum Gasteiger partial charge on any atom is -0.444 e. The monoisotopic (exact) mass is 339 g/mol. The first-order chi connectivity index (χ1) is 10.8. The molecule has 1 N–H and O–H groups in total. The third-order valence-corrected chi connectivity index (χ3v) is 4.38. The largest absolute Gasteiger partial charge is 0.444 e. The van der Waals surface area contributed by atoms with Gasteiger partial charge in [-0.05, 0) is 46.5 Å². The zero-order valence-corrected chi connectivity index (χ0v) is 14.4. The molecule has 2 bridgehead atoms. The molecule has 0 aliphatic carbocycles. The van der Waals surface area contributed by atoms with Crippen molar-refractivity contribution in [3.05, 3.63) is 11.3 Å². The summed E-state index contributed by atoms with van der Waals surface area (Å²) in [6.07, 6.45) is 5.05. The van der Waals surface area contributed by atoms with Crippen LogP contribution in [0, 0.1) is 0 Å². The zero-order chi connectivity index (χ0) is 16.6. The maximum Gasteiger partial charge on any atom is 0.407 e. The molecule has 2 fully saturated rings. The Morgan fingerprint density at radius 1 is 1.30 bits per heavy atom. The van der Waals surface area contributed by atoms with Crippen molar-refractivity contribution in [1.29, 1.82) is 0 Å². The Bertz CT molecular complexity index is 560. The molecule has 0 spiro atoms. The fourth-order valence-electron chi connectivity index (χ4n) is 3.47. The van der Waals surface area contributed by atoms with Gasteiger partial charge >= 0.3 is 6.09 Å². The number of amides is 1. The molecule has 0 radical (unpaired) electrons. The summed E-state index contributed by atoms with van der Waals surface area (Å²) in [5.41, 5.74) is -0.480. The Labute approximate surface area is 140 Å². The van der Waals surface area contributed by atoms with Gasteiger partial charge < -0.3 is 15.0 Å². The molecule has 1 aromatic rings. The predicted molar refractivity (Wildman–Crippen MR) is 86.5 cm³/mol. The summed E-state index contributed by atoms with van der Waals surface area (Å²) in [5, 5.41) is 11.3. The summed E-state index contributed by atoms with van der Waals surface area (Å²) in [7, 11) is 0. The van der Waals surface area contributed by atoms with Gasteiger partial charge in [0.1, 0.15) is 5.60 Å². The summed E-state index contributed by atoms with van der Waals surface area (Å²) in [4.78, 5) is 18.5. The predicted octanol–water partition coefficient (Wildman–Crippen LogP) is 2.55. The van der Waals surface area contributed by atoms with Crippen LogP contribution in [0.15, 0.2) is 6.20 Å². The van der Waals surface area contributed by atoms with Crippen LogP contribution in [-0.4, -0.2) is 45.0 Å². The van der Waals surface area contributed by atoms with Crippen molar-refractivity contribution in [2.75, 3.05) is 4.90 Å². The Hall–Kier alpha value is -1.63. The number of nitrogens with one attached hydrogen (secondary N) is 1. The van der Waals surface area contributed by atoms with Crippen molar-refractivity contribution in [3.63, 3.8) is 0 Å². The number of hydrogen-bond donors (Lipinski definition) is 1. The molecule has 1 aromatic heterocycles. The summed E-state index contributed by atoms with van der Waals surface area (Å²) in [6, 6.07) is 0.757. The molecule has 0 saturated carbocycles. The molecule has 2 aliphatic heterocycles. The third kappa shape index (κ3) is 3.83. The van der Waals surface area contributed by atoms with Gasteiger partial charge in [-0.2, -0.15) is 0 Å². The molecule has 3 rings (SSSR count). The van der Waals surface area contributed by atoms with E-state index in [2.05, 4.69) is 25.4 Å². The molecule has 8 heteroatoms. The molecule has 0 aromatic carbocycles. The van der Waals surface area contributed by atoms with E-state index >= 15 is 0 Å². The minimum atomic E-state index is -0.480. The van der Waals surface area contributed by atoms with E-state index in [1.807, 2.05) is 20.8 Å². The number of carbonyl (C=O) groups excluding carboxylic acids is 1. The Balaban J connectivity index is 1.63. The molecule has 2 aliphatic rings. The van der Waals surface area contributed by atoms with E-state index < -0.39 is 5.60 Å². The number of halogens is 1. The second-order valence-corrected chi connectivity index (χ2v) is 7.57. The topological polar surface area (TPSA) is 80.2 Å². The van der Waals surface area contributed by atoms with Crippen molar-refractivity contribution in [1.82, 2.24) is 20.5 Å². The second-order valence-electron chi connectivity index (χ2n) is 7.19. The molecule has 2 saturated heterocycles. The number of nitrogens with zero attached hydrogens (tertiary/aromatic N) is 4. The van der Waals surface area contributed by atoms with Gasteiger partial charge in [0.25, 0.3) is 0 Å². The van der Waals surface area contributed by atoms with E-state index in [4.69, 9.17) is 16.3 Å². The van der Waals surface area contributed by atoms with Crippen molar-refractivity contribution >= 4 is 23.6 Å². The number of carbonyl (C=O) groups is 1. The van der Waals surface area contributed by atoms with Crippen molar-refractivity contribution in [3.8, 4) is 0 Å². The van der Waals surface area contributed by atoms with Crippen LogP contribution in [0.4, 0.5) is 10.7 Å². The Kier molecular flexibility index (Phi) is 4.31. The lowest BCUT2D eigenvalue weighted by Gasteiger charge is -2.39. The standard InChI is InChI=1S/C15H22ClN5O2/c1-15(2,3)23-14(22)18-9-6-10-4-5-11(7-9)21(10)13-17-8-12(16)19-20-13/h8-11H,4-7H2,1-3H3,(H,18,22)/t9?,10-,11+. The fourth-order valence-corrected chi connectivity index (χ4v) is 3.56. The molecule has 3 heterocycles. The summed E-state index contributed by atoms with van der Waals surface area (Å²) in [5.74, 6) is 0.623. The lowest BCUT2D eigenvalue weighted by Crippen LogP contribution is -2.51. The molecule has 3 atom stereocenters. The van der Waals surface area contributed by atoms with Gasteiger partial charge in [0.2, 0.25) is 5.95 Å². The van der Waals surface area contributed by atoms with E-state index in [0.29, 0.717) is 23.2 Å². The Morgan fingerprint density at radius 3 is 2.48 bits per heavy atom. The maximum atomic E-state index is 12.0. The van der Waals surface area contributed by atoms with Crippen LogP contribution in [0.25, 0.3) is 0 Å². The Morgan fingerprint density at radius 2 is 1.96 bits per heavy atom. The molecular formula is C15H22ClN5O2. The van der Waals surface area contributed by atoms with Crippen molar-refractivity contribution < 1.29 is 9.53 Å². The number of hydrogen-bond acceptors (Lipinski definition) is 6. The van der Waals surface area contributed by atoms with Gasteiger partial charge in [0.15, 0.2) is 5.15 Å². The number of rotatable bonds is 2. The number of anilines is 1. The number of fused-ring (bicyclic) bond motifs is 2. The average Bonchev–Trinajstić information content (AvgIpc) is 2.70. The van der Waals surface area contributed by atoms with Crippen molar-refractivity contribution in [2.24, 2.45) is 0 Å². The van der Waals surface area contributed by atoms with Crippen LogP contribution < -0.4 is 10.2 Å². The van der Waals surface area contributed by atoms with Gasteiger partial charge in [0.05, 0.1) is 6.20 Å². The second kappa shape index (κ2) is 6.11. The SMILES string of the molecule is CC(C)(C)OC(=O)NC1C[C@H]2CC[C@@H](C1)N2c1ncc(Cl)nn1. The van der Waals surface area contributed by atoms with Crippen LogP contribution in [0.3, 0.4) is 0 Å². The van der Waals surface area contributed by atoms with E-state index in [1.165, 1.54) is 6.20 Å². The van der Waals surface area contributed by atoms with Crippen LogP contribution >= 0.6 is 11.6 Å². The number of ether oxygens (including phenoxy) is 1. The third-order valence-electron chi connectivity index (χ3n) is 4.21. The fraction of sp³-hybridized carbons (Fsp3) is 0.733. The number of piperidine rings is 1. The van der Waals surface area contributed by atoms with E-state index in [1.54, 1.807) is 0 Å². The quantitative estimate of drug-likeness (QED) is 0.891. The molecule has 23 heavy (non-hydrogen) atoms. The van der Waals surface area contributed by atoms with Crippen LogP contribution in [-0.2, 0) is 4.74 Å². The molecule has 1 amide bonds.